The molecular weight excluding hydrogens is 724 g/mol. The van der Waals surface area contributed by atoms with Crippen LogP contribution in [0.2, 0.25) is 5.02 Å². The van der Waals surface area contributed by atoms with E-state index in [0.29, 0.717) is 59.6 Å². The van der Waals surface area contributed by atoms with Crippen molar-refractivity contribution in [3.63, 3.8) is 0 Å². The zero-order valence-corrected chi connectivity index (χ0v) is 27.8. The van der Waals surface area contributed by atoms with E-state index in [-0.39, 0.29) is 13.2 Å². The molecule has 0 fully saturated rings. The molecule has 224 valence electrons. The number of hydrogen-bond donors (Lipinski definition) is 3. The summed E-state index contributed by atoms with van der Waals surface area (Å²) >= 11 is 18.3. The van der Waals surface area contributed by atoms with Gasteiger partial charge in [-0.25, -0.2) is 10.2 Å². The Morgan fingerprint density at radius 1 is 1.09 bits per heavy atom. The first-order valence-electron chi connectivity index (χ1n) is 13.0. The molecule has 0 radical (unpaired) electrons. The molecule has 13 heteroatoms. The Labute approximate surface area is 276 Å². The Kier molecular flexibility index (Phi) is 11.6. The maximum Gasteiger partial charge on any atom is 0.338 e. The lowest BCUT2D eigenvalue weighted by Gasteiger charge is -2.30. The number of para-hydroxylation sites is 1. The smallest absolute Gasteiger partial charge is 0.338 e. The highest BCUT2D eigenvalue weighted by Crippen LogP contribution is 2.35. The molecule has 4 rings (SSSR count). The molecule has 3 aromatic rings. The molecule has 0 spiro atoms. The van der Waals surface area contributed by atoms with Crippen molar-refractivity contribution in [3.8, 4) is 11.5 Å². The SMILES string of the molecule is CCOC(=O)C1=C(C)NC(=S)N[C@H]1c1ccccc1OCC(=O)NN=Cc1cc(Br)c(OCc2ccc(Cl)cc2)c(Br)c1. The molecule has 0 saturated heterocycles. The van der Waals surface area contributed by atoms with Gasteiger partial charge in [-0.05, 0) is 99.4 Å². The van der Waals surface area contributed by atoms with Crippen molar-refractivity contribution in [2.75, 3.05) is 13.2 Å². The number of hydrogen-bond acceptors (Lipinski definition) is 7. The zero-order valence-electron chi connectivity index (χ0n) is 23.1. The van der Waals surface area contributed by atoms with E-state index in [0.717, 1.165) is 5.56 Å². The van der Waals surface area contributed by atoms with Gasteiger partial charge in [-0.2, -0.15) is 5.10 Å². The van der Waals surface area contributed by atoms with Crippen molar-refractivity contribution in [2.24, 2.45) is 5.10 Å². The molecule has 0 saturated carbocycles. The van der Waals surface area contributed by atoms with Crippen molar-refractivity contribution in [2.45, 2.75) is 26.5 Å². The van der Waals surface area contributed by atoms with Crippen LogP contribution in [-0.2, 0) is 20.9 Å². The van der Waals surface area contributed by atoms with E-state index in [1.165, 1.54) is 6.21 Å². The van der Waals surface area contributed by atoms with Crippen molar-refractivity contribution in [1.29, 1.82) is 0 Å². The van der Waals surface area contributed by atoms with Gasteiger partial charge in [-0.1, -0.05) is 41.9 Å². The number of esters is 1. The number of hydrazone groups is 1. The molecule has 9 nitrogen and oxygen atoms in total. The summed E-state index contributed by atoms with van der Waals surface area (Å²) in [5.41, 5.74) is 5.73. The summed E-state index contributed by atoms with van der Waals surface area (Å²) in [5, 5.41) is 11.1. The number of carbonyl (C=O) groups is 2. The summed E-state index contributed by atoms with van der Waals surface area (Å²) in [5.74, 6) is 0.0795. The van der Waals surface area contributed by atoms with E-state index in [2.05, 4.69) is 53.0 Å². The second-order valence-corrected chi connectivity index (χ2v) is 11.7. The number of nitrogens with one attached hydrogen (secondary N) is 3. The number of nitrogens with zero attached hydrogens (tertiary/aromatic N) is 1. The van der Waals surface area contributed by atoms with Crippen molar-refractivity contribution < 1.29 is 23.8 Å². The molecular formula is C30H27Br2ClN4O5S. The summed E-state index contributed by atoms with van der Waals surface area (Å²) < 4.78 is 18.5. The molecule has 1 heterocycles. The Morgan fingerprint density at radius 2 is 1.79 bits per heavy atom. The molecule has 3 aromatic carbocycles. The Bertz CT molecular complexity index is 1560. The molecule has 0 aromatic heterocycles. The number of rotatable bonds is 11. The second-order valence-electron chi connectivity index (χ2n) is 9.14. The van der Waals surface area contributed by atoms with Gasteiger partial charge in [-0.15, -0.1) is 0 Å². The average Bonchev–Trinajstić information content (AvgIpc) is 2.96. The topological polar surface area (TPSA) is 110 Å². The van der Waals surface area contributed by atoms with Gasteiger partial charge in [0.05, 0.1) is 33.4 Å². The monoisotopic (exact) mass is 748 g/mol. The molecule has 0 aliphatic carbocycles. The van der Waals surface area contributed by atoms with Crippen LogP contribution < -0.4 is 25.5 Å². The van der Waals surface area contributed by atoms with Crippen molar-refractivity contribution >= 4 is 78.9 Å². The Balaban J connectivity index is 1.37. The van der Waals surface area contributed by atoms with Crippen LogP contribution in [0.3, 0.4) is 0 Å². The summed E-state index contributed by atoms with van der Waals surface area (Å²) in [6.07, 6.45) is 1.50. The summed E-state index contributed by atoms with van der Waals surface area (Å²) in [6, 6.07) is 17.5. The van der Waals surface area contributed by atoms with Crippen molar-refractivity contribution in [1.82, 2.24) is 16.1 Å². The standard InChI is InChI=1S/C30H27Br2ClN4O5S/c1-3-40-29(39)26-17(2)35-30(43)36-27(26)21-6-4-5-7-24(21)41-16-25(38)37-34-14-19-12-22(31)28(23(32)13-19)42-15-18-8-10-20(33)11-9-18/h4-14,27H,3,15-16H2,1-2H3,(H,37,38)(H2,35,36,43)/t27-/m0/s1. The highest BCUT2D eigenvalue weighted by atomic mass is 79.9. The van der Waals surface area contributed by atoms with Crippen LogP contribution in [0, 0.1) is 0 Å². The lowest BCUT2D eigenvalue weighted by atomic mass is 9.95. The van der Waals surface area contributed by atoms with Gasteiger partial charge >= 0.3 is 5.97 Å². The van der Waals surface area contributed by atoms with E-state index in [1.807, 2.05) is 42.5 Å². The van der Waals surface area contributed by atoms with Gasteiger partial charge in [0.25, 0.3) is 5.91 Å². The van der Waals surface area contributed by atoms with Gasteiger partial charge in [0.2, 0.25) is 0 Å². The molecule has 1 atom stereocenters. The first kappa shape index (κ1) is 32.5. The third-order valence-corrected chi connectivity index (χ3v) is 7.72. The predicted molar refractivity (Wildman–Crippen MR) is 176 cm³/mol. The van der Waals surface area contributed by atoms with Crippen LogP contribution in [0.5, 0.6) is 11.5 Å². The molecule has 1 aliphatic rings. The van der Waals surface area contributed by atoms with Crippen LogP contribution in [0.1, 0.15) is 36.6 Å². The number of allylic oxidation sites excluding steroid dienone is 1. The lowest BCUT2D eigenvalue weighted by Crippen LogP contribution is -2.45. The minimum absolute atomic E-state index is 0.224. The second kappa shape index (κ2) is 15.3. The molecule has 43 heavy (non-hydrogen) atoms. The number of amides is 1. The fraction of sp³-hybridized carbons (Fsp3) is 0.200. The highest BCUT2D eigenvalue weighted by molar-refractivity contribution is 9.11. The largest absolute Gasteiger partial charge is 0.487 e. The molecule has 0 unspecified atom stereocenters. The third kappa shape index (κ3) is 8.79. The van der Waals surface area contributed by atoms with E-state index >= 15 is 0 Å². The minimum atomic E-state index is -0.625. The Morgan fingerprint density at radius 3 is 2.49 bits per heavy atom. The van der Waals surface area contributed by atoms with E-state index < -0.39 is 17.9 Å². The number of halogens is 3. The van der Waals surface area contributed by atoms with Gasteiger partial charge in [0.15, 0.2) is 11.7 Å². The molecule has 3 N–H and O–H groups in total. The van der Waals surface area contributed by atoms with E-state index in [1.54, 1.807) is 32.0 Å². The summed E-state index contributed by atoms with van der Waals surface area (Å²) in [7, 11) is 0. The molecule has 1 aliphatic heterocycles. The third-order valence-electron chi connectivity index (χ3n) is 6.07. The summed E-state index contributed by atoms with van der Waals surface area (Å²) in [6.45, 7) is 3.76. The molecule has 1 amide bonds. The van der Waals surface area contributed by atoms with Crippen LogP contribution in [0.25, 0.3) is 0 Å². The van der Waals surface area contributed by atoms with Crippen molar-refractivity contribution in [3.05, 3.63) is 103 Å². The fourth-order valence-corrected chi connectivity index (χ4v) is 5.99. The first-order valence-corrected chi connectivity index (χ1v) is 15.4. The van der Waals surface area contributed by atoms with E-state index in [9.17, 15) is 9.59 Å². The first-order chi connectivity index (χ1) is 20.7. The molecule has 0 bridgehead atoms. The maximum atomic E-state index is 12.7. The van der Waals surface area contributed by atoms with Crippen LogP contribution >= 0.6 is 55.7 Å². The number of thiocarbonyl (C=S) groups is 1. The zero-order chi connectivity index (χ0) is 30.9. The van der Waals surface area contributed by atoms with Crippen LogP contribution in [0.15, 0.2) is 86.0 Å². The number of benzene rings is 3. The maximum absolute atomic E-state index is 12.7. The van der Waals surface area contributed by atoms with Gasteiger partial charge < -0.3 is 24.8 Å². The van der Waals surface area contributed by atoms with Gasteiger partial charge in [0, 0.05) is 16.3 Å². The van der Waals surface area contributed by atoms with Gasteiger partial charge in [-0.3, -0.25) is 4.79 Å². The van der Waals surface area contributed by atoms with Crippen LogP contribution in [0.4, 0.5) is 0 Å². The average molecular weight is 751 g/mol. The number of carbonyl (C=O) groups excluding carboxylic acids is 2. The lowest BCUT2D eigenvalue weighted by molar-refractivity contribution is -0.139. The quantitative estimate of drug-likeness (QED) is 0.0904. The number of ether oxygens (including phenoxy) is 3. The Hall–Kier alpha value is -3.45. The normalized spacial score (nSPS) is 14.6. The highest BCUT2D eigenvalue weighted by Gasteiger charge is 2.32. The van der Waals surface area contributed by atoms with E-state index in [4.69, 9.17) is 38.0 Å². The van der Waals surface area contributed by atoms with Gasteiger partial charge in [0.1, 0.15) is 18.1 Å². The van der Waals surface area contributed by atoms with Crippen LogP contribution in [-0.4, -0.2) is 36.4 Å². The fourth-order valence-electron chi connectivity index (χ4n) is 4.14. The minimum Gasteiger partial charge on any atom is -0.487 e. The predicted octanol–water partition coefficient (Wildman–Crippen LogP) is 6.33. The summed E-state index contributed by atoms with van der Waals surface area (Å²) in [4.78, 5) is 25.3.